The van der Waals surface area contributed by atoms with Crippen LogP contribution in [0.1, 0.15) is 0 Å². The molecule has 0 saturated heterocycles. The molecule has 0 spiro atoms. The summed E-state index contributed by atoms with van der Waals surface area (Å²) in [5.41, 5.74) is 0. The van der Waals surface area contributed by atoms with Gasteiger partial charge in [0.2, 0.25) is 0 Å². The lowest BCUT2D eigenvalue weighted by Crippen LogP contribution is -2.00. The van der Waals surface area contributed by atoms with E-state index in [1.165, 1.54) is 0 Å². The lowest BCUT2D eigenvalue weighted by Gasteiger charge is -1.86. The number of hydrogen-bond donors (Lipinski definition) is 0. The van der Waals surface area contributed by atoms with Crippen LogP contribution in [0.2, 0.25) is 0 Å². The second kappa shape index (κ2) is 2.23. The molecule has 0 aliphatic rings. The minimum Gasteiger partial charge on any atom is -0.276 e. The number of fused-ring (bicyclic) bond motifs is 1. The van der Waals surface area contributed by atoms with E-state index in [0.717, 1.165) is 13.1 Å². The number of rotatable bonds is 0. The Balaban J connectivity index is 3.07. The van der Waals surface area contributed by atoms with Gasteiger partial charge in [-0.15, -0.1) is 0 Å². The van der Waals surface area contributed by atoms with E-state index in [0.29, 0.717) is 7.87 Å². The Morgan fingerprint density at radius 1 is 1.50 bits per heavy atom. The third kappa shape index (κ3) is 0.811. The fourth-order valence-corrected chi connectivity index (χ4v) is 3.39. The Kier molecular flexibility index (Phi) is 1.37. The fraction of sp³-hybridized carbons (Fsp3) is 0. The predicted molar refractivity (Wildman–Crippen MR) is 45.7 cm³/mol. The van der Waals surface area contributed by atoms with Crippen molar-refractivity contribution in [2.24, 2.45) is 0 Å². The van der Waals surface area contributed by atoms with Gasteiger partial charge in [0.25, 0.3) is 5.29 Å². The maximum Gasteiger partial charge on any atom is 0.274 e. The van der Waals surface area contributed by atoms with Crippen LogP contribution in [0.5, 0.6) is 0 Å². The summed E-state index contributed by atoms with van der Waals surface area (Å²) in [5.74, 6) is 0. The maximum atomic E-state index is 11.0. The van der Waals surface area contributed by atoms with Gasteiger partial charge in [-0.05, 0) is 27.9 Å². The summed E-state index contributed by atoms with van der Waals surface area (Å²) in [4.78, 5) is 11.0. The van der Waals surface area contributed by atoms with Gasteiger partial charge in [0.15, 0.2) is 0 Å². The molecular weight excluding hydrogens is 164 g/mol. The van der Waals surface area contributed by atoms with E-state index in [2.05, 4.69) is 0 Å². The number of aromatic nitrogens is 1. The molecule has 0 aliphatic carbocycles. The molecule has 1 atom stereocenters. The lowest BCUT2D eigenvalue weighted by molar-refractivity contribution is 1.16. The van der Waals surface area contributed by atoms with Crippen molar-refractivity contribution in [2.75, 3.05) is 0 Å². The van der Waals surface area contributed by atoms with Gasteiger partial charge in [-0.25, -0.2) is 0 Å². The highest BCUT2D eigenvalue weighted by atomic mass is 31.8. The van der Waals surface area contributed by atoms with E-state index in [-0.39, 0.29) is 5.29 Å². The first-order chi connectivity index (χ1) is 4.88. The highest BCUT2D eigenvalue weighted by Crippen LogP contribution is 2.21. The molecule has 2 heterocycles. The SMILES string of the molecule is O=c1[pH]pc2ccccn12. The molecule has 0 aromatic carbocycles. The zero-order valence-corrected chi connectivity index (χ0v) is 7.01. The van der Waals surface area contributed by atoms with Crippen LogP contribution in [-0.4, -0.2) is 4.40 Å². The zero-order valence-electron chi connectivity index (χ0n) is 5.11. The average molecular weight is 169 g/mol. The maximum absolute atomic E-state index is 11.0. The molecule has 50 valence electrons. The van der Waals surface area contributed by atoms with Gasteiger partial charge in [-0.3, -0.25) is 9.20 Å². The Bertz CT molecular complexity index is 403. The fourth-order valence-electron chi connectivity index (χ4n) is 0.856. The van der Waals surface area contributed by atoms with Crippen LogP contribution in [0.4, 0.5) is 0 Å². The molecular formula is C6H5NOP2. The standard InChI is InChI=1S/C6H5NOP2/c8-6-7-4-2-1-3-5(7)9-10-6/h1-4,10H. The topological polar surface area (TPSA) is 21.5 Å². The van der Waals surface area contributed by atoms with Crippen LogP contribution in [0.3, 0.4) is 0 Å². The zero-order chi connectivity index (χ0) is 6.97. The highest BCUT2D eigenvalue weighted by Gasteiger charge is 1.92. The van der Waals surface area contributed by atoms with Crippen molar-refractivity contribution in [1.29, 1.82) is 0 Å². The van der Waals surface area contributed by atoms with Crippen LogP contribution >= 0.6 is 15.7 Å². The number of pyridine rings is 1. The first-order valence-electron chi connectivity index (χ1n) is 2.90. The lowest BCUT2D eigenvalue weighted by atomic mass is 10.5. The highest BCUT2D eigenvalue weighted by molar-refractivity contribution is 7.92. The van der Waals surface area contributed by atoms with Crippen molar-refractivity contribution in [3.63, 3.8) is 0 Å². The molecule has 0 N–H and O–H groups in total. The van der Waals surface area contributed by atoms with Gasteiger partial charge in [0, 0.05) is 6.20 Å². The number of hydrogen-bond acceptors (Lipinski definition) is 1. The van der Waals surface area contributed by atoms with Gasteiger partial charge < -0.3 is 0 Å². The van der Waals surface area contributed by atoms with Crippen molar-refractivity contribution in [2.45, 2.75) is 0 Å². The largest absolute Gasteiger partial charge is 0.276 e. The van der Waals surface area contributed by atoms with E-state index in [1.54, 1.807) is 4.40 Å². The Labute approximate surface area is 60.6 Å². The summed E-state index contributed by atoms with van der Waals surface area (Å²) in [6.45, 7) is 0. The van der Waals surface area contributed by atoms with Gasteiger partial charge in [-0.2, -0.15) is 0 Å². The molecule has 2 aromatic heterocycles. The summed E-state index contributed by atoms with van der Waals surface area (Å²) in [5, 5.41) is 1.35. The molecule has 1 unspecified atom stereocenters. The van der Waals surface area contributed by atoms with Crippen LogP contribution < -0.4 is 5.29 Å². The van der Waals surface area contributed by atoms with Gasteiger partial charge >= 0.3 is 0 Å². The molecule has 10 heavy (non-hydrogen) atoms. The molecule has 0 aliphatic heterocycles. The molecule has 0 saturated carbocycles. The van der Waals surface area contributed by atoms with Crippen LogP contribution in [0.15, 0.2) is 29.2 Å². The third-order valence-electron chi connectivity index (χ3n) is 1.32. The quantitative estimate of drug-likeness (QED) is 0.590. The van der Waals surface area contributed by atoms with Gasteiger partial charge in [-0.1, -0.05) is 6.07 Å². The molecule has 0 bridgehead atoms. The van der Waals surface area contributed by atoms with Gasteiger partial charge in [0.1, 0.15) is 0 Å². The molecule has 0 radical (unpaired) electrons. The monoisotopic (exact) mass is 169 g/mol. The average Bonchev–Trinajstić information content (AvgIpc) is 2.34. The summed E-state index contributed by atoms with van der Waals surface area (Å²) in [7, 11) is 1.58. The van der Waals surface area contributed by atoms with Crippen molar-refractivity contribution in [3.8, 4) is 0 Å². The van der Waals surface area contributed by atoms with E-state index in [1.807, 2.05) is 24.4 Å². The van der Waals surface area contributed by atoms with Crippen LogP contribution in [-0.2, 0) is 0 Å². The van der Waals surface area contributed by atoms with Crippen molar-refractivity contribution < 1.29 is 0 Å². The van der Waals surface area contributed by atoms with Crippen molar-refractivity contribution in [1.82, 2.24) is 4.40 Å². The molecule has 2 rings (SSSR count). The Morgan fingerprint density at radius 3 is 3.20 bits per heavy atom. The first kappa shape index (κ1) is 6.15. The second-order valence-corrected chi connectivity index (χ2v) is 4.63. The van der Waals surface area contributed by atoms with Gasteiger partial charge in [0.05, 0.1) is 5.25 Å². The van der Waals surface area contributed by atoms with Crippen molar-refractivity contribution in [3.05, 3.63) is 34.5 Å². The van der Waals surface area contributed by atoms with E-state index in [4.69, 9.17) is 0 Å². The van der Waals surface area contributed by atoms with Crippen LogP contribution in [0.25, 0.3) is 5.25 Å². The van der Waals surface area contributed by atoms with E-state index >= 15 is 0 Å². The number of nitrogens with zero attached hydrogens (tertiary/aromatic N) is 1. The summed E-state index contributed by atoms with van der Waals surface area (Å²) in [6.07, 6.45) is 1.82. The van der Waals surface area contributed by atoms with Crippen molar-refractivity contribution >= 4 is 21.0 Å². The van der Waals surface area contributed by atoms with Crippen LogP contribution in [0, 0.1) is 0 Å². The molecule has 2 nitrogen and oxygen atoms in total. The predicted octanol–water partition coefficient (Wildman–Crippen LogP) is 1.91. The molecule has 4 heteroatoms. The molecule has 0 fully saturated rings. The Morgan fingerprint density at radius 2 is 2.40 bits per heavy atom. The summed E-state index contributed by atoms with van der Waals surface area (Å²) >= 11 is 0. The van der Waals surface area contributed by atoms with E-state index < -0.39 is 0 Å². The van der Waals surface area contributed by atoms with E-state index in [9.17, 15) is 4.79 Å². The summed E-state index contributed by atoms with van der Waals surface area (Å²) < 4.78 is 1.72. The first-order valence-corrected chi connectivity index (χ1v) is 5.63. The minimum atomic E-state index is 0.234. The smallest absolute Gasteiger partial charge is 0.274 e. The minimum absolute atomic E-state index is 0.234. The molecule has 2 aromatic rings. The Hall–Kier alpha value is -0.580. The normalized spacial score (nSPS) is 12.0. The third-order valence-corrected chi connectivity index (χ3v) is 4.06. The second-order valence-electron chi connectivity index (χ2n) is 1.96. The molecule has 0 amide bonds. The summed E-state index contributed by atoms with van der Waals surface area (Å²) in [6, 6.07) is 5.83.